The summed E-state index contributed by atoms with van der Waals surface area (Å²) in [7, 11) is -3.46. The Morgan fingerprint density at radius 1 is 1.36 bits per heavy atom. The predicted molar refractivity (Wildman–Crippen MR) is 81.1 cm³/mol. The lowest BCUT2D eigenvalue weighted by Gasteiger charge is -2.14. The van der Waals surface area contributed by atoms with Gasteiger partial charge in [-0.05, 0) is 30.9 Å². The number of sulfonamides is 1. The highest BCUT2D eigenvalue weighted by atomic mass is 32.2. The number of aromatic nitrogens is 2. The molecule has 2 heterocycles. The lowest BCUT2D eigenvalue weighted by Crippen LogP contribution is -2.35. The van der Waals surface area contributed by atoms with E-state index < -0.39 is 14.9 Å². The van der Waals surface area contributed by atoms with E-state index in [9.17, 15) is 18.5 Å². The van der Waals surface area contributed by atoms with Crippen LogP contribution >= 0.6 is 0 Å². The van der Waals surface area contributed by atoms with Crippen LogP contribution in [0, 0.1) is 17.0 Å². The van der Waals surface area contributed by atoms with Gasteiger partial charge in [-0.2, -0.15) is 0 Å². The molecule has 1 aromatic rings. The van der Waals surface area contributed by atoms with Gasteiger partial charge in [0.15, 0.2) is 5.82 Å². The maximum absolute atomic E-state index is 12.0. The average Bonchev–Trinajstić information content (AvgIpc) is 3.06. The van der Waals surface area contributed by atoms with Crippen molar-refractivity contribution >= 4 is 15.8 Å². The van der Waals surface area contributed by atoms with Crippen molar-refractivity contribution in [2.24, 2.45) is 0 Å². The lowest BCUT2D eigenvalue weighted by atomic mass is 10.4. The van der Waals surface area contributed by atoms with Crippen molar-refractivity contribution < 1.29 is 13.3 Å². The second-order valence-electron chi connectivity index (χ2n) is 5.33. The molecule has 9 nitrogen and oxygen atoms in total. The van der Waals surface area contributed by atoms with Gasteiger partial charge in [0.1, 0.15) is 18.5 Å². The Hall–Kier alpha value is -1.52. The molecule has 0 aliphatic carbocycles. The fourth-order valence-electron chi connectivity index (χ4n) is 2.53. The summed E-state index contributed by atoms with van der Waals surface area (Å²) in [6.07, 6.45) is 3.47. The minimum absolute atomic E-state index is 0.0151. The molecule has 0 spiro atoms. The quantitative estimate of drug-likeness (QED) is 0.535. The maximum Gasteiger partial charge on any atom is 0.342 e. The topological polar surface area (TPSA) is 110 Å². The largest absolute Gasteiger partial charge is 0.358 e. The average molecular weight is 331 g/mol. The van der Waals surface area contributed by atoms with E-state index in [1.165, 1.54) is 4.57 Å². The van der Waals surface area contributed by atoms with Crippen molar-refractivity contribution in [2.45, 2.75) is 26.3 Å². The van der Waals surface area contributed by atoms with Gasteiger partial charge < -0.3 is 15.0 Å². The molecule has 0 radical (unpaired) electrons. The van der Waals surface area contributed by atoms with E-state index in [1.807, 2.05) is 0 Å². The summed E-state index contributed by atoms with van der Waals surface area (Å²) >= 11 is 0. The van der Waals surface area contributed by atoms with E-state index in [4.69, 9.17) is 0 Å². The molecule has 1 aliphatic rings. The molecule has 2 rings (SSSR count). The monoisotopic (exact) mass is 331 g/mol. The standard InChI is InChI=1S/C12H21N5O4S/c1-11-13-10-12(17(18)19)16(11)8-9-22(20,21)14-4-7-15-5-2-3-6-15/h10,14H,2-9H2,1H3. The number of rotatable bonds is 8. The van der Waals surface area contributed by atoms with Crippen LogP contribution < -0.4 is 4.72 Å². The molecule has 1 saturated heterocycles. The smallest absolute Gasteiger partial charge is 0.342 e. The zero-order valence-corrected chi connectivity index (χ0v) is 13.4. The van der Waals surface area contributed by atoms with E-state index in [0.717, 1.165) is 32.1 Å². The van der Waals surface area contributed by atoms with E-state index in [2.05, 4.69) is 14.6 Å². The van der Waals surface area contributed by atoms with Crippen LogP contribution in [0.25, 0.3) is 0 Å². The fourth-order valence-corrected chi connectivity index (χ4v) is 3.50. The van der Waals surface area contributed by atoms with Crippen molar-refractivity contribution in [1.29, 1.82) is 0 Å². The van der Waals surface area contributed by atoms with E-state index in [1.54, 1.807) is 6.92 Å². The fraction of sp³-hybridized carbons (Fsp3) is 0.750. The Bertz CT molecular complexity index is 621. The zero-order valence-electron chi connectivity index (χ0n) is 12.6. The number of likely N-dealkylation sites (tertiary alicyclic amines) is 1. The lowest BCUT2D eigenvalue weighted by molar-refractivity contribution is -0.392. The molecule has 1 aromatic heterocycles. The summed E-state index contributed by atoms with van der Waals surface area (Å²) in [6.45, 7) is 4.72. The highest BCUT2D eigenvalue weighted by molar-refractivity contribution is 7.89. The van der Waals surface area contributed by atoms with Crippen molar-refractivity contribution in [1.82, 2.24) is 19.2 Å². The van der Waals surface area contributed by atoms with Gasteiger partial charge in [-0.1, -0.05) is 0 Å². The van der Waals surface area contributed by atoms with Gasteiger partial charge >= 0.3 is 5.82 Å². The van der Waals surface area contributed by atoms with Gasteiger partial charge in [0.2, 0.25) is 10.0 Å². The van der Waals surface area contributed by atoms with Gasteiger partial charge in [-0.25, -0.2) is 22.7 Å². The van der Waals surface area contributed by atoms with Crippen LogP contribution in [0.3, 0.4) is 0 Å². The van der Waals surface area contributed by atoms with Gasteiger partial charge in [-0.3, -0.25) is 0 Å². The van der Waals surface area contributed by atoms with Crippen LogP contribution in [0.5, 0.6) is 0 Å². The van der Waals surface area contributed by atoms with Crippen LogP contribution in [-0.4, -0.2) is 59.7 Å². The molecule has 10 heteroatoms. The highest BCUT2D eigenvalue weighted by Gasteiger charge is 2.20. The van der Waals surface area contributed by atoms with Crippen LogP contribution in [-0.2, 0) is 16.6 Å². The second-order valence-corrected chi connectivity index (χ2v) is 7.26. The van der Waals surface area contributed by atoms with E-state index in [-0.39, 0.29) is 18.1 Å². The van der Waals surface area contributed by atoms with Gasteiger partial charge in [-0.15, -0.1) is 0 Å². The van der Waals surface area contributed by atoms with Crippen molar-refractivity contribution in [2.75, 3.05) is 31.9 Å². The molecule has 0 unspecified atom stereocenters. The molecule has 124 valence electrons. The minimum atomic E-state index is -3.46. The third-order valence-corrected chi connectivity index (χ3v) is 5.12. The van der Waals surface area contributed by atoms with Crippen molar-refractivity contribution in [3.63, 3.8) is 0 Å². The maximum atomic E-state index is 12.0. The van der Waals surface area contributed by atoms with Gasteiger partial charge in [0, 0.05) is 20.0 Å². The van der Waals surface area contributed by atoms with E-state index in [0.29, 0.717) is 18.9 Å². The summed E-state index contributed by atoms with van der Waals surface area (Å²) in [4.78, 5) is 16.4. The van der Waals surface area contributed by atoms with E-state index >= 15 is 0 Å². The second kappa shape index (κ2) is 7.16. The number of imidazole rings is 1. The van der Waals surface area contributed by atoms with Crippen LogP contribution in [0.2, 0.25) is 0 Å². The number of hydrogen-bond acceptors (Lipinski definition) is 6. The van der Waals surface area contributed by atoms with Crippen molar-refractivity contribution in [3.05, 3.63) is 22.1 Å². The summed E-state index contributed by atoms with van der Waals surface area (Å²) < 4.78 is 27.8. The molecule has 0 aromatic carbocycles. The molecule has 0 atom stereocenters. The molecule has 0 amide bonds. The number of nitrogens with zero attached hydrogens (tertiary/aromatic N) is 4. The molecule has 1 N–H and O–H groups in total. The Morgan fingerprint density at radius 2 is 2.05 bits per heavy atom. The summed E-state index contributed by atoms with van der Waals surface area (Å²) in [5.74, 6) is 0.0362. The first-order chi connectivity index (χ1) is 10.4. The molecule has 0 saturated carbocycles. The molecular weight excluding hydrogens is 310 g/mol. The Balaban J connectivity index is 1.84. The van der Waals surface area contributed by atoms with Gasteiger partial charge in [0.25, 0.3) is 0 Å². The number of hydrogen-bond donors (Lipinski definition) is 1. The molecular formula is C12H21N5O4S. The van der Waals surface area contributed by atoms with Crippen molar-refractivity contribution in [3.8, 4) is 0 Å². The molecule has 22 heavy (non-hydrogen) atoms. The SMILES string of the molecule is Cc1ncc([N+](=O)[O-])n1CCS(=O)(=O)NCCN1CCCC1. The number of nitro groups is 1. The molecule has 0 bridgehead atoms. The Morgan fingerprint density at radius 3 is 2.68 bits per heavy atom. The first kappa shape index (κ1) is 16.8. The van der Waals surface area contributed by atoms with Crippen LogP contribution in [0.1, 0.15) is 18.7 Å². The first-order valence-corrected chi connectivity index (χ1v) is 8.90. The summed E-state index contributed by atoms with van der Waals surface area (Å²) in [5, 5.41) is 10.9. The first-order valence-electron chi connectivity index (χ1n) is 7.25. The van der Waals surface area contributed by atoms with Crippen LogP contribution in [0.15, 0.2) is 6.20 Å². The van der Waals surface area contributed by atoms with Gasteiger partial charge in [0.05, 0.1) is 0 Å². The third kappa shape index (κ3) is 4.49. The summed E-state index contributed by atoms with van der Waals surface area (Å²) in [6, 6.07) is 0. The highest BCUT2D eigenvalue weighted by Crippen LogP contribution is 2.13. The number of nitrogens with one attached hydrogen (secondary N) is 1. The summed E-state index contributed by atoms with van der Waals surface area (Å²) in [5.41, 5.74) is 0. The normalized spacial score (nSPS) is 16.2. The molecule has 1 fully saturated rings. The minimum Gasteiger partial charge on any atom is -0.358 e. The Kier molecular flexibility index (Phi) is 5.48. The third-order valence-electron chi connectivity index (χ3n) is 3.75. The zero-order chi connectivity index (χ0) is 16.2. The Labute approximate surface area is 129 Å². The number of aryl methyl sites for hydroxylation is 1. The van der Waals surface area contributed by atoms with Crippen LogP contribution in [0.4, 0.5) is 5.82 Å². The predicted octanol–water partition coefficient (Wildman–Crippen LogP) is 0.115. The molecule has 1 aliphatic heterocycles.